The topological polar surface area (TPSA) is 0 Å². The van der Waals surface area contributed by atoms with E-state index in [2.05, 4.69) is 111 Å². The first kappa shape index (κ1) is 19.2. The third-order valence-corrected chi connectivity index (χ3v) is 12.5. The molecule has 0 saturated heterocycles. The highest BCUT2D eigenvalue weighted by Crippen LogP contribution is 2.48. The molecule has 1 aliphatic rings. The van der Waals surface area contributed by atoms with Crippen molar-refractivity contribution < 1.29 is 0 Å². The van der Waals surface area contributed by atoms with Crippen LogP contribution in [0, 0.1) is 18.3 Å². The van der Waals surface area contributed by atoms with Crippen LogP contribution in [0.3, 0.4) is 0 Å². The zero-order valence-corrected chi connectivity index (χ0v) is 18.1. The standard InChI is InChI=1S/C27H31Si/c1-3-22-20-21-27(26(22)4-2)28(23-14-8-5-9-15-23,24-16-10-6-11-17-24)25-18-12-7-13-19-25/h5-20,22,26-27H,3-4,21H2,1-2H3/q-1. The molecule has 1 fully saturated rings. The summed E-state index contributed by atoms with van der Waals surface area (Å²) in [6.07, 6.45) is 6.41. The Hall–Kier alpha value is -2.12. The smallest absolute Gasteiger partial charge is 0.149 e. The van der Waals surface area contributed by atoms with E-state index in [1.165, 1.54) is 19.3 Å². The van der Waals surface area contributed by atoms with Crippen molar-refractivity contribution >= 4 is 23.6 Å². The Labute approximate surface area is 171 Å². The maximum atomic E-state index is 2.65. The van der Waals surface area contributed by atoms with Gasteiger partial charge in [-0.05, 0) is 15.6 Å². The van der Waals surface area contributed by atoms with Gasteiger partial charge in [-0.2, -0.15) is 12.3 Å². The predicted molar refractivity (Wildman–Crippen MR) is 124 cm³/mol. The summed E-state index contributed by atoms with van der Waals surface area (Å²) in [6, 6.07) is 34.3. The summed E-state index contributed by atoms with van der Waals surface area (Å²) < 4.78 is 0. The number of hydrogen-bond acceptors (Lipinski definition) is 0. The molecule has 0 N–H and O–H groups in total. The Morgan fingerprint density at radius 2 is 1.11 bits per heavy atom. The van der Waals surface area contributed by atoms with E-state index in [-0.39, 0.29) is 0 Å². The molecule has 3 unspecified atom stereocenters. The molecule has 0 radical (unpaired) electrons. The van der Waals surface area contributed by atoms with Gasteiger partial charge in [0, 0.05) is 0 Å². The van der Waals surface area contributed by atoms with Gasteiger partial charge in [0.15, 0.2) is 0 Å². The van der Waals surface area contributed by atoms with E-state index >= 15 is 0 Å². The molecule has 0 amide bonds. The molecule has 0 aromatic heterocycles. The van der Waals surface area contributed by atoms with Gasteiger partial charge in [-0.25, -0.2) is 0 Å². The van der Waals surface area contributed by atoms with Crippen LogP contribution in [-0.4, -0.2) is 8.07 Å². The Balaban J connectivity index is 2.02. The molecule has 0 bridgehead atoms. The second-order valence-corrected chi connectivity index (χ2v) is 12.2. The average molecular weight is 384 g/mol. The van der Waals surface area contributed by atoms with Gasteiger partial charge >= 0.3 is 0 Å². The fourth-order valence-corrected chi connectivity index (χ4v) is 11.8. The fraction of sp³-hybridized carbons (Fsp3) is 0.296. The summed E-state index contributed by atoms with van der Waals surface area (Å²) in [5, 5.41) is 4.67. The van der Waals surface area contributed by atoms with Crippen LogP contribution in [0.1, 0.15) is 33.1 Å². The molecule has 1 saturated carbocycles. The lowest BCUT2D eigenvalue weighted by Crippen LogP contribution is -2.70. The number of hydrogen-bond donors (Lipinski definition) is 0. The number of benzene rings is 3. The third-order valence-electron chi connectivity index (χ3n) is 6.95. The maximum absolute atomic E-state index is 2.65. The van der Waals surface area contributed by atoms with Crippen molar-refractivity contribution in [1.82, 2.24) is 0 Å². The second-order valence-electron chi connectivity index (χ2n) is 8.13. The minimum Gasteiger partial charge on any atom is -0.325 e. The zero-order valence-electron chi connectivity index (χ0n) is 17.1. The highest BCUT2D eigenvalue weighted by molar-refractivity contribution is 7.12. The molecule has 1 aliphatic carbocycles. The second kappa shape index (κ2) is 8.49. The summed E-state index contributed by atoms with van der Waals surface area (Å²) in [7, 11) is -2.16. The van der Waals surface area contributed by atoms with E-state index < -0.39 is 8.07 Å². The van der Waals surface area contributed by atoms with Gasteiger partial charge in [-0.15, -0.1) is 0 Å². The first-order valence-electron chi connectivity index (χ1n) is 10.8. The monoisotopic (exact) mass is 383 g/mol. The van der Waals surface area contributed by atoms with Crippen LogP contribution in [-0.2, 0) is 0 Å². The molecule has 0 aliphatic heterocycles. The molecular formula is C27H31Si-. The number of rotatable bonds is 6. The third kappa shape index (κ3) is 3.16. The van der Waals surface area contributed by atoms with Crippen molar-refractivity contribution in [1.29, 1.82) is 0 Å². The van der Waals surface area contributed by atoms with Crippen molar-refractivity contribution in [3.63, 3.8) is 0 Å². The van der Waals surface area contributed by atoms with E-state index in [9.17, 15) is 0 Å². The fourth-order valence-electron chi connectivity index (χ4n) is 5.77. The molecule has 3 aromatic rings. The lowest BCUT2D eigenvalue weighted by Gasteiger charge is -2.44. The lowest BCUT2D eigenvalue weighted by atomic mass is 9.91. The molecule has 1 heteroatoms. The van der Waals surface area contributed by atoms with E-state index in [4.69, 9.17) is 0 Å². The van der Waals surface area contributed by atoms with Gasteiger partial charge in [0.05, 0.1) is 0 Å². The van der Waals surface area contributed by atoms with Crippen molar-refractivity contribution in [2.24, 2.45) is 11.8 Å². The zero-order chi connectivity index (χ0) is 19.4. The summed E-state index contributed by atoms with van der Waals surface area (Å²) >= 11 is 0. The Morgan fingerprint density at radius 1 is 0.679 bits per heavy atom. The van der Waals surface area contributed by atoms with Gasteiger partial charge in [0.2, 0.25) is 0 Å². The molecule has 0 nitrogen and oxygen atoms in total. The van der Waals surface area contributed by atoms with Gasteiger partial charge in [-0.3, -0.25) is 0 Å². The Bertz CT molecular complexity index is 760. The van der Waals surface area contributed by atoms with Crippen LogP contribution in [0.4, 0.5) is 0 Å². The largest absolute Gasteiger partial charge is 0.325 e. The van der Waals surface area contributed by atoms with Gasteiger partial charge in [0.1, 0.15) is 8.07 Å². The van der Waals surface area contributed by atoms with Crippen LogP contribution in [0.5, 0.6) is 0 Å². The SMILES string of the molecule is CCC1[CH-]CC([Si](c2ccccc2)(c2ccccc2)c2ccccc2)C1CC. The molecule has 0 heterocycles. The molecule has 3 atom stereocenters. The first-order valence-corrected chi connectivity index (χ1v) is 12.9. The Kier molecular flexibility index (Phi) is 5.82. The molecule has 28 heavy (non-hydrogen) atoms. The molecule has 0 spiro atoms. The minimum atomic E-state index is -2.16. The van der Waals surface area contributed by atoms with Crippen LogP contribution in [0.25, 0.3) is 0 Å². The summed E-state index contributed by atoms with van der Waals surface area (Å²) in [5.74, 6) is 1.51. The average Bonchev–Trinajstić information content (AvgIpc) is 3.20. The van der Waals surface area contributed by atoms with Crippen LogP contribution in [0.15, 0.2) is 91.0 Å². The van der Waals surface area contributed by atoms with Crippen LogP contribution < -0.4 is 15.6 Å². The maximum Gasteiger partial charge on any atom is 0.149 e. The van der Waals surface area contributed by atoms with Crippen molar-refractivity contribution in [2.45, 2.75) is 38.7 Å². The molecule has 144 valence electrons. The summed E-state index contributed by atoms with van der Waals surface area (Å²) in [6.45, 7) is 4.77. The van der Waals surface area contributed by atoms with E-state index in [0.717, 1.165) is 11.8 Å². The van der Waals surface area contributed by atoms with Crippen molar-refractivity contribution in [3.8, 4) is 0 Å². The highest BCUT2D eigenvalue weighted by Gasteiger charge is 2.49. The van der Waals surface area contributed by atoms with Gasteiger partial charge < -0.3 is 6.42 Å². The molecular weight excluding hydrogens is 352 g/mol. The first-order chi connectivity index (χ1) is 13.8. The van der Waals surface area contributed by atoms with Crippen molar-refractivity contribution in [2.75, 3.05) is 0 Å². The van der Waals surface area contributed by atoms with E-state index in [1.54, 1.807) is 15.6 Å². The van der Waals surface area contributed by atoms with E-state index in [0.29, 0.717) is 5.54 Å². The van der Waals surface area contributed by atoms with Crippen LogP contribution >= 0.6 is 0 Å². The Morgan fingerprint density at radius 3 is 1.46 bits per heavy atom. The summed E-state index contributed by atoms with van der Waals surface area (Å²) in [5.41, 5.74) is 0.703. The van der Waals surface area contributed by atoms with Gasteiger partial charge in [0.25, 0.3) is 0 Å². The molecule has 3 aromatic carbocycles. The predicted octanol–water partition coefficient (Wildman–Crippen LogP) is 5.19. The van der Waals surface area contributed by atoms with Crippen molar-refractivity contribution in [3.05, 3.63) is 97.4 Å². The normalized spacial score (nSPS) is 22.3. The minimum absolute atomic E-state index is 0.703. The van der Waals surface area contributed by atoms with E-state index in [1.807, 2.05) is 0 Å². The molecule has 4 rings (SSSR count). The lowest BCUT2D eigenvalue weighted by molar-refractivity contribution is 0.393. The van der Waals surface area contributed by atoms with Gasteiger partial charge in [-0.1, -0.05) is 129 Å². The highest BCUT2D eigenvalue weighted by atomic mass is 28.3. The van der Waals surface area contributed by atoms with Crippen LogP contribution in [0.2, 0.25) is 5.54 Å². The summed E-state index contributed by atoms with van der Waals surface area (Å²) in [4.78, 5) is 0. The quantitative estimate of drug-likeness (QED) is 0.312.